The number of aryl methyl sites for hydroxylation is 1. The zero-order valence-electron chi connectivity index (χ0n) is 15.9. The molecule has 148 valence electrons. The fourth-order valence-corrected chi connectivity index (χ4v) is 3.03. The molecular weight excluding hydrogens is 383 g/mol. The largest absolute Gasteiger partial charge is 0.292 e. The van der Waals surface area contributed by atoms with Crippen molar-refractivity contribution in [2.75, 3.05) is 0 Å². The van der Waals surface area contributed by atoms with Crippen LogP contribution in [0.4, 0.5) is 4.39 Å². The van der Waals surface area contributed by atoms with Gasteiger partial charge in [0.2, 0.25) is 5.95 Å². The van der Waals surface area contributed by atoms with Crippen molar-refractivity contribution in [2.24, 2.45) is 0 Å². The molecule has 4 heterocycles. The first-order valence-electron chi connectivity index (χ1n) is 9.34. The molecule has 0 saturated carbocycles. The lowest BCUT2D eigenvalue weighted by Crippen LogP contribution is -2.16. The van der Waals surface area contributed by atoms with Crippen LogP contribution in [-0.4, -0.2) is 25.3 Å². The van der Waals surface area contributed by atoms with Crippen LogP contribution in [-0.2, 0) is 6.42 Å². The van der Waals surface area contributed by atoms with Crippen LogP contribution in [0.1, 0.15) is 22.5 Å². The Kier molecular flexibility index (Phi) is 5.52. The Balaban J connectivity index is 1.40. The van der Waals surface area contributed by atoms with Gasteiger partial charge in [-0.3, -0.25) is 24.1 Å². The summed E-state index contributed by atoms with van der Waals surface area (Å²) < 4.78 is 14.7. The normalized spacial score (nSPS) is 10.7. The van der Waals surface area contributed by atoms with E-state index >= 15 is 0 Å². The van der Waals surface area contributed by atoms with Gasteiger partial charge in [-0.1, -0.05) is 12.1 Å². The van der Waals surface area contributed by atoms with Gasteiger partial charge in [0.15, 0.2) is 5.78 Å². The molecule has 0 aliphatic heterocycles. The zero-order chi connectivity index (χ0) is 20.9. The van der Waals surface area contributed by atoms with E-state index < -0.39 is 5.95 Å². The van der Waals surface area contributed by atoms with Gasteiger partial charge in [-0.05, 0) is 42.3 Å². The number of carbonyl (C=O) groups excluding carboxylic acids is 1. The molecule has 30 heavy (non-hydrogen) atoms. The first-order valence-corrected chi connectivity index (χ1v) is 9.34. The van der Waals surface area contributed by atoms with Gasteiger partial charge >= 0.3 is 0 Å². The Morgan fingerprint density at radius 1 is 0.967 bits per heavy atom. The van der Waals surface area contributed by atoms with Crippen molar-refractivity contribution in [1.82, 2.24) is 19.5 Å². The molecular formula is C23H17FN4O2. The van der Waals surface area contributed by atoms with Crippen LogP contribution >= 0.6 is 0 Å². The molecule has 4 rings (SSSR count). The van der Waals surface area contributed by atoms with Crippen molar-refractivity contribution in [3.8, 4) is 16.9 Å². The van der Waals surface area contributed by atoms with Gasteiger partial charge < -0.3 is 0 Å². The maximum atomic E-state index is 13.2. The van der Waals surface area contributed by atoms with Gasteiger partial charge in [-0.15, -0.1) is 0 Å². The smallest absolute Gasteiger partial charge is 0.255 e. The van der Waals surface area contributed by atoms with Gasteiger partial charge in [0.1, 0.15) is 5.69 Å². The maximum absolute atomic E-state index is 13.2. The molecule has 0 amide bonds. The van der Waals surface area contributed by atoms with Gasteiger partial charge in [0, 0.05) is 42.7 Å². The standard InChI is InChI=1S/C23H17FN4O2/c24-22-13-17(10-11-25-22)19-7-4-16(14-26-19)5-9-21(29)20-8-6-18(15-27-20)28-12-2-1-3-23(28)30/h1-4,6-8,10-15H,5,9H2. The number of halogens is 1. The minimum atomic E-state index is -0.556. The molecule has 0 spiro atoms. The summed E-state index contributed by atoms with van der Waals surface area (Å²) in [5.74, 6) is -0.651. The van der Waals surface area contributed by atoms with Crippen LogP contribution in [0.5, 0.6) is 0 Å². The highest BCUT2D eigenvalue weighted by Gasteiger charge is 2.09. The average Bonchev–Trinajstić information content (AvgIpc) is 2.78. The van der Waals surface area contributed by atoms with Crippen LogP contribution in [0.3, 0.4) is 0 Å². The molecule has 0 aromatic carbocycles. The highest BCUT2D eigenvalue weighted by atomic mass is 19.1. The SMILES string of the molecule is O=C(CCc1ccc(-c2ccnc(F)c2)nc1)c1ccc(-n2ccccc2=O)cn1. The Hall–Kier alpha value is -4.00. The van der Waals surface area contributed by atoms with Crippen LogP contribution in [0.15, 0.2) is 84.2 Å². The van der Waals surface area contributed by atoms with E-state index in [1.54, 1.807) is 48.8 Å². The van der Waals surface area contributed by atoms with Crippen LogP contribution in [0, 0.1) is 5.95 Å². The van der Waals surface area contributed by atoms with Gasteiger partial charge in [0.25, 0.3) is 5.56 Å². The first kappa shape index (κ1) is 19.3. The van der Waals surface area contributed by atoms with Crippen molar-refractivity contribution in [2.45, 2.75) is 12.8 Å². The number of carbonyl (C=O) groups is 1. The average molecular weight is 400 g/mol. The Morgan fingerprint density at radius 2 is 1.87 bits per heavy atom. The summed E-state index contributed by atoms with van der Waals surface area (Å²) in [5.41, 5.74) is 2.97. The Morgan fingerprint density at radius 3 is 2.57 bits per heavy atom. The summed E-state index contributed by atoms with van der Waals surface area (Å²) in [5, 5.41) is 0. The fourth-order valence-electron chi connectivity index (χ4n) is 3.03. The zero-order valence-corrected chi connectivity index (χ0v) is 15.9. The maximum Gasteiger partial charge on any atom is 0.255 e. The number of rotatable bonds is 6. The molecule has 0 aliphatic rings. The number of Topliss-reactive ketones (excluding diaryl/α,β-unsaturated/α-hetero) is 1. The molecule has 0 fully saturated rings. The summed E-state index contributed by atoms with van der Waals surface area (Å²) in [4.78, 5) is 36.4. The highest BCUT2D eigenvalue weighted by molar-refractivity contribution is 5.94. The number of ketones is 1. The van der Waals surface area contributed by atoms with Crippen molar-refractivity contribution >= 4 is 5.78 Å². The summed E-state index contributed by atoms with van der Waals surface area (Å²) in [7, 11) is 0. The van der Waals surface area contributed by atoms with Gasteiger partial charge in [-0.25, -0.2) is 4.98 Å². The third-order valence-corrected chi connectivity index (χ3v) is 4.62. The summed E-state index contributed by atoms with van der Waals surface area (Å²) in [6.07, 6.45) is 7.03. The Labute approximate surface area is 171 Å². The van der Waals surface area contributed by atoms with Crippen molar-refractivity contribution in [1.29, 1.82) is 0 Å². The van der Waals surface area contributed by atoms with Gasteiger partial charge in [-0.2, -0.15) is 4.39 Å². The lowest BCUT2D eigenvalue weighted by Gasteiger charge is -2.06. The van der Waals surface area contributed by atoms with Gasteiger partial charge in [0.05, 0.1) is 17.6 Å². The van der Waals surface area contributed by atoms with Crippen molar-refractivity contribution in [3.63, 3.8) is 0 Å². The van der Waals surface area contributed by atoms with E-state index in [9.17, 15) is 14.0 Å². The molecule has 0 radical (unpaired) electrons. The van der Waals surface area contributed by atoms with E-state index in [1.807, 2.05) is 6.07 Å². The van der Waals surface area contributed by atoms with Crippen LogP contribution in [0.2, 0.25) is 0 Å². The Bertz CT molecular complexity index is 1240. The summed E-state index contributed by atoms with van der Waals surface area (Å²) in [6.45, 7) is 0. The predicted molar refractivity (Wildman–Crippen MR) is 110 cm³/mol. The molecule has 6 nitrogen and oxygen atoms in total. The second-order valence-electron chi connectivity index (χ2n) is 6.65. The van der Waals surface area contributed by atoms with Crippen LogP contribution < -0.4 is 5.56 Å². The third-order valence-electron chi connectivity index (χ3n) is 4.62. The molecule has 0 atom stereocenters. The minimum absolute atomic E-state index is 0.0951. The number of pyridine rings is 4. The van der Waals surface area contributed by atoms with E-state index in [0.717, 1.165) is 5.56 Å². The topological polar surface area (TPSA) is 77.7 Å². The quantitative estimate of drug-likeness (QED) is 0.365. The van der Waals surface area contributed by atoms with E-state index in [2.05, 4.69) is 15.0 Å². The molecule has 0 saturated heterocycles. The molecule has 7 heteroatoms. The summed E-state index contributed by atoms with van der Waals surface area (Å²) >= 11 is 0. The number of hydrogen-bond acceptors (Lipinski definition) is 5. The third kappa shape index (κ3) is 4.35. The lowest BCUT2D eigenvalue weighted by molar-refractivity contribution is 0.0978. The molecule has 0 bridgehead atoms. The van der Waals surface area contributed by atoms with Crippen molar-refractivity contribution < 1.29 is 9.18 Å². The van der Waals surface area contributed by atoms with E-state index in [-0.39, 0.29) is 17.8 Å². The molecule has 0 aliphatic carbocycles. The second kappa shape index (κ2) is 8.57. The molecule has 4 aromatic rings. The minimum Gasteiger partial charge on any atom is -0.292 e. The predicted octanol–water partition coefficient (Wildman–Crippen LogP) is 3.64. The highest BCUT2D eigenvalue weighted by Crippen LogP contribution is 2.17. The fraction of sp³-hybridized carbons (Fsp3) is 0.0870. The lowest BCUT2D eigenvalue weighted by atomic mass is 10.1. The van der Waals surface area contributed by atoms with Crippen molar-refractivity contribution in [3.05, 3.63) is 107 Å². The monoisotopic (exact) mass is 400 g/mol. The second-order valence-corrected chi connectivity index (χ2v) is 6.65. The number of aromatic nitrogens is 4. The van der Waals surface area contributed by atoms with E-state index in [0.29, 0.717) is 29.1 Å². The first-order chi connectivity index (χ1) is 14.6. The summed E-state index contributed by atoms with van der Waals surface area (Å²) in [6, 6.07) is 14.9. The number of nitrogens with zero attached hydrogens (tertiary/aromatic N) is 4. The van der Waals surface area contributed by atoms with E-state index in [4.69, 9.17) is 0 Å². The van der Waals surface area contributed by atoms with E-state index in [1.165, 1.54) is 29.1 Å². The molecule has 0 N–H and O–H groups in total. The van der Waals surface area contributed by atoms with Crippen LogP contribution in [0.25, 0.3) is 16.9 Å². The number of hydrogen-bond donors (Lipinski definition) is 0. The molecule has 4 aromatic heterocycles. The molecule has 0 unspecified atom stereocenters.